The molecule has 2 aliphatic carbocycles. The lowest BCUT2D eigenvalue weighted by Gasteiger charge is -2.36. The molecule has 0 bridgehead atoms. The van der Waals surface area contributed by atoms with E-state index in [4.69, 9.17) is 0 Å². The number of hydrogen-bond acceptors (Lipinski definition) is 3. The predicted molar refractivity (Wildman–Crippen MR) is 50.8 cm³/mol. The molecule has 0 radical (unpaired) electrons. The third-order valence-electron chi connectivity index (χ3n) is 3.51. The topological polar surface area (TPSA) is 54.4 Å². The summed E-state index contributed by atoms with van der Waals surface area (Å²) in [6, 6.07) is 0. The average Bonchev–Trinajstić information content (AvgIpc) is 2.25. The zero-order valence-corrected chi connectivity index (χ0v) is 8.29. The molecule has 2 aliphatic rings. The van der Waals surface area contributed by atoms with E-state index >= 15 is 0 Å². The quantitative estimate of drug-likeness (QED) is 0.593. The molecular formula is C11H16O3. The van der Waals surface area contributed by atoms with E-state index in [-0.39, 0.29) is 30.3 Å². The number of fused-ring (bicyclic) bond motifs is 1. The van der Waals surface area contributed by atoms with Crippen LogP contribution < -0.4 is 0 Å². The van der Waals surface area contributed by atoms with Crippen molar-refractivity contribution in [3.63, 3.8) is 0 Å². The Morgan fingerprint density at radius 3 is 2.79 bits per heavy atom. The Labute approximate surface area is 83.5 Å². The second kappa shape index (κ2) is 3.46. The number of Topliss-reactive ketones (excluding diaryl/α,β-unsaturated/α-hetero) is 2. The Hall–Kier alpha value is -0.700. The van der Waals surface area contributed by atoms with Crippen LogP contribution in [0.4, 0.5) is 0 Å². The SMILES string of the molecule is O=C1CC(=O)[C@H]2CCCCC[C@]2(O)C1. The van der Waals surface area contributed by atoms with E-state index in [1.807, 2.05) is 0 Å². The summed E-state index contributed by atoms with van der Waals surface area (Å²) in [4.78, 5) is 22.9. The number of carbonyl (C=O) groups excluding carboxylic acids is 2. The first kappa shape index (κ1) is 9.84. The van der Waals surface area contributed by atoms with Crippen molar-refractivity contribution < 1.29 is 14.7 Å². The van der Waals surface area contributed by atoms with E-state index in [0.29, 0.717) is 6.42 Å². The maximum absolute atomic E-state index is 11.6. The van der Waals surface area contributed by atoms with E-state index < -0.39 is 5.60 Å². The Bertz CT molecular complexity index is 272. The summed E-state index contributed by atoms with van der Waals surface area (Å²) >= 11 is 0. The fraction of sp³-hybridized carbons (Fsp3) is 0.818. The Morgan fingerprint density at radius 1 is 1.21 bits per heavy atom. The molecule has 0 aromatic carbocycles. The van der Waals surface area contributed by atoms with E-state index in [9.17, 15) is 14.7 Å². The molecule has 14 heavy (non-hydrogen) atoms. The van der Waals surface area contributed by atoms with E-state index in [1.54, 1.807) is 0 Å². The number of rotatable bonds is 0. The van der Waals surface area contributed by atoms with Gasteiger partial charge in [0.05, 0.1) is 12.0 Å². The van der Waals surface area contributed by atoms with Crippen LogP contribution >= 0.6 is 0 Å². The summed E-state index contributed by atoms with van der Waals surface area (Å²) in [5, 5.41) is 10.3. The van der Waals surface area contributed by atoms with Crippen LogP contribution in [-0.4, -0.2) is 22.3 Å². The zero-order valence-electron chi connectivity index (χ0n) is 8.29. The molecule has 0 spiro atoms. The molecule has 1 N–H and O–H groups in total. The van der Waals surface area contributed by atoms with Gasteiger partial charge in [0.1, 0.15) is 11.6 Å². The summed E-state index contributed by atoms with van der Waals surface area (Å²) in [5.74, 6) is -0.385. The van der Waals surface area contributed by atoms with Crippen LogP contribution in [0.15, 0.2) is 0 Å². The van der Waals surface area contributed by atoms with E-state index in [1.165, 1.54) is 0 Å². The van der Waals surface area contributed by atoms with Gasteiger partial charge in [-0.1, -0.05) is 19.3 Å². The van der Waals surface area contributed by atoms with Gasteiger partial charge in [-0.05, 0) is 12.8 Å². The van der Waals surface area contributed by atoms with Crippen LogP contribution in [0, 0.1) is 5.92 Å². The van der Waals surface area contributed by atoms with Gasteiger partial charge < -0.3 is 5.11 Å². The molecule has 0 heterocycles. The Kier molecular flexibility index (Phi) is 2.43. The maximum Gasteiger partial charge on any atom is 0.146 e. The number of hydrogen-bond donors (Lipinski definition) is 1. The standard InChI is InChI=1S/C11H16O3/c12-8-6-10(13)9-4-2-1-3-5-11(9,14)7-8/h9,14H,1-7H2/t9-,11+/m1/s1. The van der Waals surface area contributed by atoms with Crippen molar-refractivity contribution in [2.24, 2.45) is 5.92 Å². The van der Waals surface area contributed by atoms with Gasteiger partial charge in [-0.15, -0.1) is 0 Å². The van der Waals surface area contributed by atoms with Crippen LogP contribution in [-0.2, 0) is 9.59 Å². The highest BCUT2D eigenvalue weighted by atomic mass is 16.3. The minimum Gasteiger partial charge on any atom is -0.389 e. The van der Waals surface area contributed by atoms with Crippen molar-refractivity contribution >= 4 is 11.6 Å². The van der Waals surface area contributed by atoms with Gasteiger partial charge in [-0.25, -0.2) is 0 Å². The fourth-order valence-electron chi connectivity index (χ4n) is 2.79. The van der Waals surface area contributed by atoms with Crippen molar-refractivity contribution in [1.82, 2.24) is 0 Å². The summed E-state index contributed by atoms with van der Waals surface area (Å²) < 4.78 is 0. The minimum absolute atomic E-state index is 0.0364. The normalized spacial score (nSPS) is 39.1. The smallest absolute Gasteiger partial charge is 0.146 e. The van der Waals surface area contributed by atoms with Gasteiger partial charge in [0.15, 0.2) is 0 Å². The zero-order chi connectivity index (χ0) is 10.2. The maximum atomic E-state index is 11.6. The molecule has 3 heteroatoms. The minimum atomic E-state index is -0.997. The van der Waals surface area contributed by atoms with Crippen LogP contribution in [0.1, 0.15) is 44.9 Å². The molecule has 2 fully saturated rings. The number of aliphatic hydroxyl groups is 1. The van der Waals surface area contributed by atoms with Crippen molar-refractivity contribution in [2.75, 3.05) is 0 Å². The third-order valence-corrected chi connectivity index (χ3v) is 3.51. The number of carbonyl (C=O) groups is 2. The first-order chi connectivity index (χ1) is 6.62. The van der Waals surface area contributed by atoms with Crippen molar-refractivity contribution in [3.8, 4) is 0 Å². The van der Waals surface area contributed by atoms with Crippen molar-refractivity contribution in [1.29, 1.82) is 0 Å². The van der Waals surface area contributed by atoms with Gasteiger partial charge in [-0.2, -0.15) is 0 Å². The molecule has 0 unspecified atom stereocenters. The monoisotopic (exact) mass is 196 g/mol. The average molecular weight is 196 g/mol. The van der Waals surface area contributed by atoms with Crippen LogP contribution in [0.2, 0.25) is 0 Å². The highest BCUT2D eigenvalue weighted by molar-refractivity contribution is 6.03. The first-order valence-electron chi connectivity index (χ1n) is 5.39. The first-order valence-corrected chi connectivity index (χ1v) is 5.39. The molecule has 2 rings (SSSR count). The molecule has 0 aliphatic heterocycles. The second-order valence-electron chi connectivity index (χ2n) is 4.61. The second-order valence-corrected chi connectivity index (χ2v) is 4.61. The summed E-state index contributed by atoms with van der Waals surface area (Å²) in [7, 11) is 0. The summed E-state index contributed by atoms with van der Waals surface area (Å²) in [6.45, 7) is 0. The van der Waals surface area contributed by atoms with Gasteiger partial charge in [0.2, 0.25) is 0 Å². The lowest BCUT2D eigenvalue weighted by atomic mass is 9.71. The molecule has 2 atom stereocenters. The van der Waals surface area contributed by atoms with Crippen molar-refractivity contribution in [2.45, 2.75) is 50.5 Å². The summed E-state index contributed by atoms with van der Waals surface area (Å²) in [5.41, 5.74) is -0.997. The van der Waals surface area contributed by atoms with Gasteiger partial charge in [0.25, 0.3) is 0 Å². The molecular weight excluding hydrogens is 180 g/mol. The predicted octanol–water partition coefficient (Wildman–Crippen LogP) is 1.23. The van der Waals surface area contributed by atoms with Crippen LogP contribution in [0.5, 0.6) is 0 Å². The van der Waals surface area contributed by atoms with Gasteiger partial charge >= 0.3 is 0 Å². The summed E-state index contributed by atoms with van der Waals surface area (Å²) in [6.07, 6.45) is 4.65. The molecule has 0 aromatic rings. The molecule has 0 aromatic heterocycles. The third kappa shape index (κ3) is 1.61. The highest BCUT2D eigenvalue weighted by Crippen LogP contribution is 2.39. The molecule has 78 valence electrons. The highest BCUT2D eigenvalue weighted by Gasteiger charge is 2.46. The molecule has 0 amide bonds. The van der Waals surface area contributed by atoms with E-state index in [0.717, 1.165) is 25.7 Å². The van der Waals surface area contributed by atoms with E-state index in [2.05, 4.69) is 0 Å². The Morgan fingerprint density at radius 2 is 2.00 bits per heavy atom. The number of ketones is 2. The molecule has 3 nitrogen and oxygen atoms in total. The fourth-order valence-corrected chi connectivity index (χ4v) is 2.79. The van der Waals surface area contributed by atoms with Crippen molar-refractivity contribution in [3.05, 3.63) is 0 Å². The molecule has 0 saturated heterocycles. The lowest BCUT2D eigenvalue weighted by molar-refractivity contribution is -0.148. The van der Waals surface area contributed by atoms with Gasteiger partial charge in [-0.3, -0.25) is 9.59 Å². The lowest BCUT2D eigenvalue weighted by Crippen LogP contribution is -2.48. The Balaban J connectivity index is 2.25. The van der Waals surface area contributed by atoms with Crippen LogP contribution in [0.3, 0.4) is 0 Å². The van der Waals surface area contributed by atoms with Crippen LogP contribution in [0.25, 0.3) is 0 Å². The molecule has 2 saturated carbocycles. The largest absolute Gasteiger partial charge is 0.389 e. The van der Waals surface area contributed by atoms with Gasteiger partial charge in [0, 0.05) is 12.3 Å².